The van der Waals surface area contributed by atoms with Crippen molar-refractivity contribution >= 4 is 23.6 Å². The summed E-state index contributed by atoms with van der Waals surface area (Å²) < 4.78 is 0. The first-order valence-corrected chi connectivity index (χ1v) is 3.77. The van der Waals surface area contributed by atoms with E-state index < -0.39 is 11.6 Å². The molecule has 1 aliphatic heterocycles. The van der Waals surface area contributed by atoms with E-state index in [2.05, 4.69) is 4.99 Å². The Kier molecular flexibility index (Phi) is 1.55. The number of rotatable bonds is 0. The van der Waals surface area contributed by atoms with Crippen LogP contribution >= 0.6 is 0 Å². The summed E-state index contributed by atoms with van der Waals surface area (Å²) in [4.78, 5) is 37.2. The monoisotopic (exact) mass is 175 g/mol. The summed E-state index contributed by atoms with van der Waals surface area (Å²) in [6, 6.07) is 0. The number of ketones is 3. The number of Topliss-reactive ketones (excluding diaryl/α,β-unsaturated/α-hetero) is 2. The lowest BCUT2D eigenvalue weighted by Gasteiger charge is -2.12. The molecule has 0 aromatic rings. The molecule has 0 radical (unpaired) electrons. The molecule has 0 N–H and O–H groups in total. The van der Waals surface area contributed by atoms with Crippen LogP contribution in [0.3, 0.4) is 0 Å². The van der Waals surface area contributed by atoms with E-state index in [1.54, 1.807) is 0 Å². The van der Waals surface area contributed by atoms with E-state index in [0.717, 1.165) is 6.08 Å². The molecule has 0 spiro atoms. The maximum Gasteiger partial charge on any atom is 0.238 e. The van der Waals surface area contributed by atoms with Crippen molar-refractivity contribution < 1.29 is 14.4 Å². The first-order valence-electron chi connectivity index (χ1n) is 3.77. The SMILES string of the molecule is O=C1C=CC2=C(C(=O)CC=N2)C1=O. The number of carbonyl (C=O) groups excluding carboxylic acids is 3. The van der Waals surface area contributed by atoms with Gasteiger partial charge in [0.05, 0.1) is 11.3 Å². The van der Waals surface area contributed by atoms with Crippen LogP contribution in [-0.4, -0.2) is 23.6 Å². The molecule has 0 atom stereocenters. The fourth-order valence-electron chi connectivity index (χ4n) is 1.26. The molecule has 0 bridgehead atoms. The van der Waals surface area contributed by atoms with Crippen LogP contribution in [0.15, 0.2) is 28.4 Å². The topological polar surface area (TPSA) is 63.6 Å². The Morgan fingerprint density at radius 2 is 1.92 bits per heavy atom. The van der Waals surface area contributed by atoms with Crippen molar-refractivity contribution in [2.75, 3.05) is 0 Å². The van der Waals surface area contributed by atoms with E-state index in [9.17, 15) is 14.4 Å². The molecule has 2 rings (SSSR count). The molecule has 0 amide bonds. The van der Waals surface area contributed by atoms with E-state index in [1.165, 1.54) is 12.3 Å². The second-order valence-corrected chi connectivity index (χ2v) is 2.73. The first-order chi connectivity index (χ1) is 6.20. The average Bonchev–Trinajstić information content (AvgIpc) is 2.12. The van der Waals surface area contributed by atoms with Crippen LogP contribution in [0.4, 0.5) is 0 Å². The lowest BCUT2D eigenvalue weighted by atomic mass is 9.93. The van der Waals surface area contributed by atoms with Gasteiger partial charge in [-0.1, -0.05) is 0 Å². The normalized spacial score (nSPS) is 21.1. The molecule has 0 saturated carbocycles. The summed E-state index contributed by atoms with van der Waals surface area (Å²) in [6.07, 6.45) is 4.07. The quantitative estimate of drug-likeness (QED) is 0.295. The van der Waals surface area contributed by atoms with Crippen molar-refractivity contribution in [1.29, 1.82) is 0 Å². The van der Waals surface area contributed by atoms with E-state index in [0.29, 0.717) is 5.70 Å². The Hall–Kier alpha value is -1.84. The number of allylic oxidation sites excluding steroid dienone is 3. The van der Waals surface area contributed by atoms with Gasteiger partial charge in [0.1, 0.15) is 0 Å². The van der Waals surface area contributed by atoms with E-state index in [4.69, 9.17) is 0 Å². The predicted octanol–water partition coefficient (Wildman–Crippen LogP) is -0.00790. The number of hydrogen-bond acceptors (Lipinski definition) is 4. The van der Waals surface area contributed by atoms with Gasteiger partial charge in [-0.25, -0.2) is 0 Å². The minimum atomic E-state index is -0.737. The average molecular weight is 175 g/mol. The van der Waals surface area contributed by atoms with Crippen LogP contribution in [0.5, 0.6) is 0 Å². The second-order valence-electron chi connectivity index (χ2n) is 2.73. The smallest absolute Gasteiger partial charge is 0.238 e. The van der Waals surface area contributed by atoms with Crippen LogP contribution in [-0.2, 0) is 14.4 Å². The van der Waals surface area contributed by atoms with Crippen molar-refractivity contribution in [1.82, 2.24) is 0 Å². The molecule has 0 unspecified atom stereocenters. The number of aliphatic imine (C=N–C) groups is 1. The third kappa shape index (κ3) is 1.07. The Bertz CT molecular complexity index is 413. The van der Waals surface area contributed by atoms with Gasteiger partial charge in [-0.3, -0.25) is 19.4 Å². The summed E-state index contributed by atoms with van der Waals surface area (Å²) in [7, 11) is 0. The molecule has 0 saturated heterocycles. The van der Waals surface area contributed by atoms with Gasteiger partial charge in [-0.05, 0) is 12.2 Å². The largest absolute Gasteiger partial charge is 0.294 e. The van der Waals surface area contributed by atoms with Crippen molar-refractivity contribution in [3.63, 3.8) is 0 Å². The molecule has 0 aromatic carbocycles. The maximum absolute atomic E-state index is 11.2. The molecule has 2 aliphatic rings. The van der Waals surface area contributed by atoms with Gasteiger partial charge in [-0.2, -0.15) is 0 Å². The molecule has 4 nitrogen and oxygen atoms in total. The summed E-state index contributed by atoms with van der Waals surface area (Å²) in [5, 5.41) is 0. The number of hydrogen-bond donors (Lipinski definition) is 0. The van der Waals surface area contributed by atoms with Crippen molar-refractivity contribution in [3.05, 3.63) is 23.4 Å². The van der Waals surface area contributed by atoms with Crippen LogP contribution in [0.25, 0.3) is 0 Å². The number of carbonyl (C=O) groups is 3. The molecule has 13 heavy (non-hydrogen) atoms. The summed E-state index contributed by atoms with van der Waals surface area (Å²) in [5.74, 6) is -1.71. The second kappa shape index (κ2) is 2.58. The molecule has 1 heterocycles. The standard InChI is InChI=1S/C9H5NO3/c11-6-3-4-10-5-1-2-7(12)9(13)8(5)6/h1-2,4H,3H2. The molecular formula is C9H5NO3. The highest BCUT2D eigenvalue weighted by atomic mass is 16.2. The van der Waals surface area contributed by atoms with Gasteiger partial charge in [0.15, 0.2) is 5.78 Å². The highest BCUT2D eigenvalue weighted by Gasteiger charge is 2.30. The molecule has 4 heteroatoms. The summed E-state index contributed by atoms with van der Waals surface area (Å²) in [6.45, 7) is 0. The third-order valence-corrected chi connectivity index (χ3v) is 1.89. The Morgan fingerprint density at radius 1 is 1.15 bits per heavy atom. The van der Waals surface area contributed by atoms with E-state index >= 15 is 0 Å². The van der Waals surface area contributed by atoms with Gasteiger partial charge in [0.25, 0.3) is 0 Å². The van der Waals surface area contributed by atoms with Crippen molar-refractivity contribution in [3.8, 4) is 0 Å². The zero-order valence-electron chi connectivity index (χ0n) is 6.61. The van der Waals surface area contributed by atoms with Crippen LogP contribution < -0.4 is 0 Å². The molecule has 0 aromatic heterocycles. The first kappa shape index (κ1) is 7.79. The Morgan fingerprint density at radius 3 is 2.69 bits per heavy atom. The zero-order valence-corrected chi connectivity index (χ0v) is 6.61. The highest BCUT2D eigenvalue weighted by molar-refractivity contribution is 6.54. The minimum absolute atomic E-state index is 0.0602. The predicted molar refractivity (Wildman–Crippen MR) is 44.3 cm³/mol. The summed E-state index contributed by atoms with van der Waals surface area (Å²) >= 11 is 0. The van der Waals surface area contributed by atoms with Crippen molar-refractivity contribution in [2.24, 2.45) is 4.99 Å². The lowest BCUT2D eigenvalue weighted by Crippen LogP contribution is -2.26. The van der Waals surface area contributed by atoms with Gasteiger partial charge in [0.2, 0.25) is 11.6 Å². The fraction of sp³-hybridized carbons (Fsp3) is 0.111. The Balaban J connectivity index is 2.59. The van der Waals surface area contributed by atoms with Gasteiger partial charge < -0.3 is 0 Å². The lowest BCUT2D eigenvalue weighted by molar-refractivity contribution is -0.133. The Labute approximate surface area is 73.6 Å². The van der Waals surface area contributed by atoms with E-state index in [-0.39, 0.29) is 17.8 Å². The molecule has 0 fully saturated rings. The number of nitrogens with zero attached hydrogens (tertiary/aromatic N) is 1. The molecule has 64 valence electrons. The van der Waals surface area contributed by atoms with Crippen LogP contribution in [0.2, 0.25) is 0 Å². The molecule has 1 aliphatic carbocycles. The maximum atomic E-state index is 11.2. The minimum Gasteiger partial charge on any atom is -0.294 e. The van der Waals surface area contributed by atoms with Gasteiger partial charge in [-0.15, -0.1) is 0 Å². The van der Waals surface area contributed by atoms with Gasteiger partial charge in [0, 0.05) is 12.6 Å². The highest BCUT2D eigenvalue weighted by Crippen LogP contribution is 2.19. The summed E-state index contributed by atoms with van der Waals surface area (Å²) in [5.41, 5.74) is 0.246. The van der Waals surface area contributed by atoms with Crippen molar-refractivity contribution in [2.45, 2.75) is 6.42 Å². The zero-order chi connectivity index (χ0) is 9.42. The fourth-order valence-corrected chi connectivity index (χ4v) is 1.26. The van der Waals surface area contributed by atoms with Crippen LogP contribution in [0.1, 0.15) is 6.42 Å². The van der Waals surface area contributed by atoms with Gasteiger partial charge >= 0.3 is 0 Å². The van der Waals surface area contributed by atoms with Crippen LogP contribution in [0, 0.1) is 0 Å². The third-order valence-electron chi connectivity index (χ3n) is 1.89. The molecular weight excluding hydrogens is 170 g/mol. The van der Waals surface area contributed by atoms with E-state index in [1.807, 2.05) is 0 Å².